The van der Waals surface area contributed by atoms with Gasteiger partial charge in [-0.1, -0.05) is 18.2 Å². The molecule has 1 heterocycles. The highest BCUT2D eigenvalue weighted by Gasteiger charge is 2.07. The molecule has 88 valence electrons. The van der Waals surface area contributed by atoms with E-state index in [1.807, 2.05) is 42.6 Å². The zero-order valence-corrected chi connectivity index (χ0v) is 10.4. The van der Waals surface area contributed by atoms with Crippen molar-refractivity contribution in [2.24, 2.45) is 0 Å². The van der Waals surface area contributed by atoms with E-state index in [0.717, 1.165) is 16.5 Å². The van der Waals surface area contributed by atoms with E-state index in [1.165, 1.54) is 11.3 Å². The maximum absolute atomic E-state index is 11.6. The molecule has 0 bridgehead atoms. The van der Waals surface area contributed by atoms with Crippen molar-refractivity contribution in [1.29, 1.82) is 0 Å². The first kappa shape index (κ1) is 11.8. The molecule has 1 aromatic carbocycles. The number of nitrogens with zero attached hydrogens (tertiary/aromatic N) is 1. The number of hydrogen-bond acceptors (Lipinski definition) is 4. The van der Waals surface area contributed by atoms with Crippen molar-refractivity contribution in [1.82, 2.24) is 4.98 Å². The zero-order chi connectivity index (χ0) is 12.1. The van der Waals surface area contributed by atoms with Crippen LogP contribution in [-0.4, -0.2) is 17.4 Å². The lowest BCUT2D eigenvalue weighted by molar-refractivity contribution is -0.120. The van der Waals surface area contributed by atoms with Gasteiger partial charge in [-0.25, -0.2) is 4.98 Å². The molecule has 0 unspecified atom stereocenters. The molecule has 2 rings (SSSR count). The van der Waals surface area contributed by atoms with Gasteiger partial charge in [-0.3, -0.25) is 4.79 Å². The number of para-hydroxylation sites is 1. The van der Waals surface area contributed by atoms with Crippen molar-refractivity contribution >= 4 is 17.1 Å². The molecule has 2 aromatic rings. The summed E-state index contributed by atoms with van der Waals surface area (Å²) in [6.07, 6.45) is 0.353. The summed E-state index contributed by atoms with van der Waals surface area (Å²) in [6, 6.07) is 9.34. The normalized spacial score (nSPS) is 10.2. The molecule has 3 nitrogen and oxygen atoms in total. The van der Waals surface area contributed by atoms with Gasteiger partial charge in [0.2, 0.25) is 0 Å². The maximum Gasteiger partial charge on any atom is 0.176 e. The van der Waals surface area contributed by atoms with Gasteiger partial charge in [-0.15, -0.1) is 11.3 Å². The molecular formula is C13H13NO2S. The van der Waals surface area contributed by atoms with E-state index in [4.69, 9.17) is 4.74 Å². The fourth-order valence-corrected chi connectivity index (χ4v) is 2.18. The molecule has 1 aromatic heterocycles. The Balaban J connectivity index is 1.82. The van der Waals surface area contributed by atoms with Crippen LogP contribution < -0.4 is 4.74 Å². The molecule has 0 aliphatic rings. The largest absolute Gasteiger partial charge is 0.486 e. The number of hydrogen-bond donors (Lipinski definition) is 0. The second-order valence-electron chi connectivity index (χ2n) is 3.70. The van der Waals surface area contributed by atoms with E-state index >= 15 is 0 Å². The number of thiazole rings is 1. The Labute approximate surface area is 104 Å². The van der Waals surface area contributed by atoms with Crippen molar-refractivity contribution in [2.45, 2.75) is 13.3 Å². The number of aryl methyl sites for hydroxylation is 1. The summed E-state index contributed by atoms with van der Waals surface area (Å²) >= 11 is 1.51. The molecule has 0 spiro atoms. The van der Waals surface area contributed by atoms with Crippen LogP contribution in [0.5, 0.6) is 5.75 Å². The first-order valence-electron chi connectivity index (χ1n) is 5.34. The quantitative estimate of drug-likeness (QED) is 0.815. The molecule has 0 aliphatic heterocycles. The number of carbonyl (C=O) groups excluding carboxylic acids is 1. The predicted molar refractivity (Wildman–Crippen MR) is 67.5 cm³/mol. The van der Waals surface area contributed by atoms with Gasteiger partial charge >= 0.3 is 0 Å². The van der Waals surface area contributed by atoms with E-state index in [9.17, 15) is 4.79 Å². The Hall–Kier alpha value is -1.68. The molecule has 4 heteroatoms. The smallest absolute Gasteiger partial charge is 0.176 e. The highest BCUT2D eigenvalue weighted by Crippen LogP contribution is 2.11. The molecule has 0 aliphatic carbocycles. The number of carbonyl (C=O) groups is 1. The van der Waals surface area contributed by atoms with Crippen LogP contribution >= 0.6 is 11.3 Å². The lowest BCUT2D eigenvalue weighted by Gasteiger charge is -2.03. The SMILES string of the molecule is Cc1csc(CC(=O)COc2ccccc2)n1. The van der Waals surface area contributed by atoms with Gasteiger partial charge in [0.05, 0.1) is 6.42 Å². The molecule has 17 heavy (non-hydrogen) atoms. The summed E-state index contributed by atoms with van der Waals surface area (Å²) in [5.41, 5.74) is 0.960. The number of ketones is 1. The summed E-state index contributed by atoms with van der Waals surface area (Å²) in [4.78, 5) is 15.9. The van der Waals surface area contributed by atoms with Crippen molar-refractivity contribution < 1.29 is 9.53 Å². The van der Waals surface area contributed by atoms with E-state index in [-0.39, 0.29) is 12.4 Å². The van der Waals surface area contributed by atoms with Crippen LogP contribution in [0, 0.1) is 6.92 Å². The lowest BCUT2D eigenvalue weighted by Crippen LogP contribution is -2.13. The molecule has 0 saturated heterocycles. The summed E-state index contributed by atoms with van der Waals surface area (Å²) < 4.78 is 5.37. The van der Waals surface area contributed by atoms with E-state index < -0.39 is 0 Å². The zero-order valence-electron chi connectivity index (χ0n) is 9.55. The molecule has 0 saturated carbocycles. The van der Waals surface area contributed by atoms with Gasteiger partial charge < -0.3 is 4.74 Å². The van der Waals surface area contributed by atoms with Crippen molar-refractivity contribution in [3.63, 3.8) is 0 Å². The van der Waals surface area contributed by atoms with Crippen LogP contribution in [0.25, 0.3) is 0 Å². The summed E-state index contributed by atoms with van der Waals surface area (Å²) in [6.45, 7) is 2.02. The molecule has 0 N–H and O–H groups in total. The van der Waals surface area contributed by atoms with E-state index in [0.29, 0.717) is 6.42 Å². The highest BCUT2D eigenvalue weighted by molar-refractivity contribution is 7.09. The fraction of sp³-hybridized carbons (Fsp3) is 0.231. The fourth-order valence-electron chi connectivity index (χ4n) is 1.38. The lowest BCUT2D eigenvalue weighted by atomic mass is 10.3. The van der Waals surface area contributed by atoms with Crippen LogP contribution in [0.3, 0.4) is 0 Å². The average Bonchev–Trinajstić information content (AvgIpc) is 2.73. The van der Waals surface area contributed by atoms with Crippen molar-refractivity contribution in [3.05, 3.63) is 46.4 Å². The van der Waals surface area contributed by atoms with Crippen molar-refractivity contribution in [2.75, 3.05) is 6.61 Å². The summed E-state index contributed by atoms with van der Waals surface area (Å²) in [5, 5.41) is 2.80. The number of aromatic nitrogens is 1. The Bertz CT molecular complexity index is 493. The minimum Gasteiger partial charge on any atom is -0.486 e. The number of benzene rings is 1. The van der Waals surface area contributed by atoms with Gasteiger partial charge in [-0.2, -0.15) is 0 Å². The topological polar surface area (TPSA) is 39.2 Å². The van der Waals surface area contributed by atoms with Gasteiger partial charge in [0.15, 0.2) is 5.78 Å². The Kier molecular flexibility index (Phi) is 3.88. The molecule has 0 atom stereocenters. The Morgan fingerprint density at radius 2 is 2.12 bits per heavy atom. The Morgan fingerprint density at radius 3 is 2.76 bits per heavy atom. The minimum atomic E-state index is 0.0446. The van der Waals surface area contributed by atoms with E-state index in [1.54, 1.807) is 0 Å². The van der Waals surface area contributed by atoms with Crippen LogP contribution in [0.4, 0.5) is 0 Å². The van der Waals surface area contributed by atoms with Crippen LogP contribution in [0.1, 0.15) is 10.7 Å². The molecular weight excluding hydrogens is 234 g/mol. The summed E-state index contributed by atoms with van der Waals surface area (Å²) in [7, 11) is 0. The monoisotopic (exact) mass is 247 g/mol. The van der Waals surface area contributed by atoms with Crippen LogP contribution in [-0.2, 0) is 11.2 Å². The van der Waals surface area contributed by atoms with Gasteiger partial charge in [-0.05, 0) is 19.1 Å². The second kappa shape index (κ2) is 5.59. The van der Waals surface area contributed by atoms with Crippen LogP contribution in [0.15, 0.2) is 35.7 Å². The number of rotatable bonds is 5. The van der Waals surface area contributed by atoms with Gasteiger partial charge in [0, 0.05) is 11.1 Å². The third-order valence-corrected chi connectivity index (χ3v) is 3.12. The maximum atomic E-state index is 11.6. The van der Waals surface area contributed by atoms with Crippen LogP contribution in [0.2, 0.25) is 0 Å². The molecule has 0 radical (unpaired) electrons. The number of ether oxygens (including phenoxy) is 1. The molecule has 0 amide bonds. The van der Waals surface area contributed by atoms with Gasteiger partial charge in [0.1, 0.15) is 17.4 Å². The highest BCUT2D eigenvalue weighted by atomic mass is 32.1. The average molecular weight is 247 g/mol. The molecule has 0 fully saturated rings. The van der Waals surface area contributed by atoms with Crippen molar-refractivity contribution in [3.8, 4) is 5.75 Å². The third kappa shape index (κ3) is 3.67. The first-order valence-corrected chi connectivity index (χ1v) is 6.22. The number of Topliss-reactive ketones (excluding diaryl/α,β-unsaturated/α-hetero) is 1. The third-order valence-electron chi connectivity index (χ3n) is 2.16. The standard InChI is InChI=1S/C13H13NO2S/c1-10-9-17-13(14-10)7-11(15)8-16-12-5-3-2-4-6-12/h2-6,9H,7-8H2,1H3. The Morgan fingerprint density at radius 1 is 1.35 bits per heavy atom. The van der Waals surface area contributed by atoms with Gasteiger partial charge in [0.25, 0.3) is 0 Å². The second-order valence-corrected chi connectivity index (χ2v) is 4.64. The summed E-state index contributed by atoms with van der Waals surface area (Å²) in [5.74, 6) is 0.763. The predicted octanol–water partition coefficient (Wildman–Crippen LogP) is 2.64. The van der Waals surface area contributed by atoms with E-state index in [2.05, 4.69) is 4.98 Å². The minimum absolute atomic E-state index is 0.0446. The first-order chi connectivity index (χ1) is 8.24.